The maximum atomic E-state index is 12.6. The third kappa shape index (κ3) is 4.60. The number of nitrogens with zero attached hydrogens (tertiary/aromatic N) is 2. The highest BCUT2D eigenvalue weighted by Gasteiger charge is 2.36. The van der Waals surface area contributed by atoms with Crippen LogP contribution in [0.25, 0.3) is 0 Å². The first kappa shape index (κ1) is 19.5. The van der Waals surface area contributed by atoms with Crippen LogP contribution < -0.4 is 10.1 Å². The molecule has 0 saturated carbocycles. The molecule has 0 spiro atoms. The third-order valence-corrected chi connectivity index (χ3v) is 5.35. The number of benzene rings is 2. The number of ether oxygens (including phenoxy) is 2. The molecule has 0 radical (unpaired) electrons. The van der Waals surface area contributed by atoms with Crippen molar-refractivity contribution in [2.24, 2.45) is 0 Å². The van der Waals surface area contributed by atoms with Crippen LogP contribution in [0.4, 0.5) is 5.13 Å². The normalized spacial score (nSPS) is 21.1. The van der Waals surface area contributed by atoms with Crippen molar-refractivity contribution in [3.63, 3.8) is 0 Å². The molecule has 2 aromatic carbocycles. The summed E-state index contributed by atoms with van der Waals surface area (Å²) in [7, 11) is 0. The Morgan fingerprint density at radius 1 is 1.17 bits per heavy atom. The third-order valence-electron chi connectivity index (χ3n) is 4.42. The molecule has 8 nitrogen and oxygen atoms in total. The van der Waals surface area contributed by atoms with Crippen molar-refractivity contribution >= 4 is 22.4 Å². The van der Waals surface area contributed by atoms with Gasteiger partial charge in [0.25, 0.3) is 5.91 Å². The Morgan fingerprint density at radius 2 is 1.97 bits per heavy atom. The highest BCUT2D eigenvalue weighted by molar-refractivity contribution is 7.15. The van der Waals surface area contributed by atoms with Crippen LogP contribution in [-0.4, -0.2) is 45.1 Å². The van der Waals surface area contributed by atoms with Crippen molar-refractivity contribution in [1.82, 2.24) is 10.2 Å². The average molecular weight is 413 g/mol. The molecule has 1 saturated heterocycles. The monoisotopic (exact) mass is 413 g/mol. The summed E-state index contributed by atoms with van der Waals surface area (Å²) in [6.07, 6.45) is -1.51. The Kier molecular flexibility index (Phi) is 5.81. The van der Waals surface area contributed by atoms with Gasteiger partial charge >= 0.3 is 0 Å². The molecule has 3 atom stereocenters. The van der Waals surface area contributed by atoms with E-state index in [0.717, 1.165) is 0 Å². The molecule has 0 bridgehead atoms. The summed E-state index contributed by atoms with van der Waals surface area (Å²) in [6.45, 7) is -0.262. The molecule has 29 heavy (non-hydrogen) atoms. The molecule has 0 unspecified atom stereocenters. The zero-order chi connectivity index (χ0) is 20.2. The molecule has 1 amide bonds. The van der Waals surface area contributed by atoms with Gasteiger partial charge in [0.05, 0.1) is 12.7 Å². The lowest BCUT2D eigenvalue weighted by molar-refractivity contribution is -0.0227. The van der Waals surface area contributed by atoms with E-state index in [-0.39, 0.29) is 12.5 Å². The second-order valence-corrected chi connectivity index (χ2v) is 7.50. The summed E-state index contributed by atoms with van der Waals surface area (Å²) in [5.41, 5.74) is 0.420. The summed E-state index contributed by atoms with van der Waals surface area (Å²) in [5, 5.41) is 30.6. The molecular weight excluding hydrogens is 394 g/mol. The molecule has 9 heteroatoms. The first-order chi connectivity index (χ1) is 14.1. The maximum Gasteiger partial charge on any atom is 0.257 e. The van der Waals surface area contributed by atoms with Gasteiger partial charge in [-0.15, -0.1) is 10.2 Å². The molecule has 0 aliphatic carbocycles. The molecular formula is C20H19N3O5S. The van der Waals surface area contributed by atoms with Gasteiger partial charge in [0, 0.05) is 12.0 Å². The minimum absolute atomic E-state index is 0.262. The Hall–Kier alpha value is -2.85. The first-order valence-electron chi connectivity index (χ1n) is 9.04. The fraction of sp³-hybridized carbons (Fsp3) is 0.250. The van der Waals surface area contributed by atoms with E-state index in [0.29, 0.717) is 33.6 Å². The van der Waals surface area contributed by atoms with E-state index in [1.165, 1.54) is 11.3 Å². The largest absolute Gasteiger partial charge is 0.457 e. The average Bonchev–Trinajstić information content (AvgIpc) is 3.35. The smallest absolute Gasteiger partial charge is 0.257 e. The van der Waals surface area contributed by atoms with Gasteiger partial charge in [-0.1, -0.05) is 35.6 Å². The zero-order valence-corrected chi connectivity index (χ0v) is 16.1. The first-order valence-corrected chi connectivity index (χ1v) is 9.86. The summed E-state index contributed by atoms with van der Waals surface area (Å²) in [4.78, 5) is 12.6. The van der Waals surface area contributed by atoms with Gasteiger partial charge in [-0.05, 0) is 30.3 Å². The summed E-state index contributed by atoms with van der Waals surface area (Å²) >= 11 is 1.17. The number of nitrogens with one attached hydrogen (secondary N) is 1. The van der Waals surface area contributed by atoms with Gasteiger partial charge in [0.15, 0.2) is 0 Å². The van der Waals surface area contributed by atoms with E-state index in [9.17, 15) is 15.0 Å². The fourth-order valence-electron chi connectivity index (χ4n) is 2.96. The van der Waals surface area contributed by atoms with Crippen LogP contribution in [0.2, 0.25) is 0 Å². The Morgan fingerprint density at radius 3 is 2.72 bits per heavy atom. The Labute approximate surface area is 170 Å². The van der Waals surface area contributed by atoms with E-state index in [1.807, 2.05) is 30.3 Å². The SMILES string of the molecule is O=C(Nc1nnc([C@H]2C[C@H](O)[C@@H](CO)O2)s1)c1cccc(Oc2ccccc2)c1. The van der Waals surface area contributed by atoms with E-state index in [4.69, 9.17) is 9.47 Å². The second kappa shape index (κ2) is 8.66. The van der Waals surface area contributed by atoms with Gasteiger partial charge in [0.2, 0.25) is 5.13 Å². The lowest BCUT2D eigenvalue weighted by Crippen LogP contribution is -2.24. The van der Waals surface area contributed by atoms with Gasteiger partial charge < -0.3 is 19.7 Å². The molecule has 2 heterocycles. The van der Waals surface area contributed by atoms with Crippen molar-refractivity contribution < 1.29 is 24.5 Å². The second-order valence-electron chi connectivity index (χ2n) is 6.49. The lowest BCUT2D eigenvalue weighted by Gasteiger charge is -2.09. The van der Waals surface area contributed by atoms with Crippen molar-refractivity contribution in [2.75, 3.05) is 11.9 Å². The van der Waals surface area contributed by atoms with Crippen LogP contribution in [0.15, 0.2) is 54.6 Å². The van der Waals surface area contributed by atoms with Crippen molar-refractivity contribution in [2.45, 2.75) is 24.7 Å². The van der Waals surface area contributed by atoms with Crippen LogP contribution in [0.1, 0.15) is 27.9 Å². The summed E-state index contributed by atoms with van der Waals surface area (Å²) < 4.78 is 11.3. The maximum absolute atomic E-state index is 12.6. The number of amides is 1. The summed E-state index contributed by atoms with van der Waals surface area (Å²) in [6, 6.07) is 16.1. The summed E-state index contributed by atoms with van der Waals surface area (Å²) in [5.74, 6) is 0.885. The Balaban J connectivity index is 1.41. The highest BCUT2D eigenvalue weighted by Crippen LogP contribution is 2.35. The number of aliphatic hydroxyl groups excluding tert-OH is 2. The van der Waals surface area contributed by atoms with Gasteiger partial charge in [-0.3, -0.25) is 10.1 Å². The van der Waals surface area contributed by atoms with Crippen LogP contribution >= 0.6 is 11.3 Å². The number of hydrogen-bond donors (Lipinski definition) is 3. The number of para-hydroxylation sites is 1. The van der Waals surface area contributed by atoms with E-state index in [2.05, 4.69) is 15.5 Å². The van der Waals surface area contributed by atoms with Crippen LogP contribution in [-0.2, 0) is 4.74 Å². The van der Waals surface area contributed by atoms with Crippen LogP contribution in [0.5, 0.6) is 11.5 Å². The number of rotatable bonds is 6. The van der Waals surface area contributed by atoms with Gasteiger partial charge in [0.1, 0.15) is 28.7 Å². The number of hydrogen-bond acceptors (Lipinski definition) is 8. The molecule has 1 fully saturated rings. The lowest BCUT2D eigenvalue weighted by atomic mass is 10.1. The van der Waals surface area contributed by atoms with Crippen LogP contribution in [0.3, 0.4) is 0 Å². The molecule has 4 rings (SSSR count). The molecule has 3 N–H and O–H groups in total. The molecule has 1 aromatic heterocycles. The van der Waals surface area contributed by atoms with Gasteiger partial charge in [-0.2, -0.15) is 0 Å². The van der Waals surface area contributed by atoms with Gasteiger partial charge in [-0.25, -0.2) is 0 Å². The minimum atomic E-state index is -0.751. The number of aliphatic hydroxyl groups is 2. The highest BCUT2D eigenvalue weighted by atomic mass is 32.1. The standard InChI is InChI=1S/C20H19N3O5S/c24-11-17-15(25)10-16(28-17)19-22-23-20(29-19)21-18(26)12-5-4-8-14(9-12)27-13-6-2-1-3-7-13/h1-9,15-17,24-25H,10-11H2,(H,21,23,26)/t15-,16+,17+/m0/s1. The Bertz CT molecular complexity index is 981. The predicted molar refractivity (Wildman–Crippen MR) is 106 cm³/mol. The molecule has 3 aromatic rings. The number of carbonyl (C=O) groups is 1. The number of anilines is 1. The van der Waals surface area contributed by atoms with E-state index < -0.39 is 18.3 Å². The predicted octanol–water partition coefficient (Wildman–Crippen LogP) is 2.77. The number of aromatic nitrogens is 2. The topological polar surface area (TPSA) is 114 Å². The number of carbonyl (C=O) groups excluding carboxylic acids is 1. The minimum Gasteiger partial charge on any atom is -0.457 e. The molecule has 1 aliphatic rings. The molecule has 150 valence electrons. The quantitative estimate of drug-likeness (QED) is 0.569. The fourth-order valence-corrected chi connectivity index (χ4v) is 3.75. The molecule has 1 aliphatic heterocycles. The van der Waals surface area contributed by atoms with E-state index >= 15 is 0 Å². The van der Waals surface area contributed by atoms with Crippen molar-refractivity contribution in [1.29, 1.82) is 0 Å². The van der Waals surface area contributed by atoms with E-state index in [1.54, 1.807) is 24.3 Å². The zero-order valence-electron chi connectivity index (χ0n) is 15.3. The van der Waals surface area contributed by atoms with Crippen molar-refractivity contribution in [3.8, 4) is 11.5 Å². The van der Waals surface area contributed by atoms with Crippen LogP contribution in [0, 0.1) is 0 Å². The van der Waals surface area contributed by atoms with Crippen molar-refractivity contribution in [3.05, 3.63) is 65.2 Å².